The van der Waals surface area contributed by atoms with Crippen LogP contribution in [0.2, 0.25) is 25.7 Å². The van der Waals surface area contributed by atoms with Crippen LogP contribution >= 0.6 is 0 Å². The number of ether oxygens (including phenoxy) is 3. The van der Waals surface area contributed by atoms with Crippen molar-refractivity contribution in [3.63, 3.8) is 0 Å². The molecule has 128 valence electrons. The van der Waals surface area contributed by atoms with E-state index in [9.17, 15) is 0 Å². The number of fused-ring (bicyclic) bond motifs is 1. The molecular formula is C17H28N2O3Si. The number of nitrogens with zero attached hydrogens (tertiary/aromatic N) is 2. The normalized spacial score (nSPS) is 12.2. The van der Waals surface area contributed by atoms with Crippen molar-refractivity contribution >= 4 is 19.1 Å². The summed E-state index contributed by atoms with van der Waals surface area (Å²) < 4.78 is 18.4. The first kappa shape index (κ1) is 18.1. The summed E-state index contributed by atoms with van der Waals surface area (Å²) in [4.78, 5) is 4.43. The van der Waals surface area contributed by atoms with Gasteiger partial charge in [0.2, 0.25) is 0 Å². The van der Waals surface area contributed by atoms with E-state index in [0.717, 1.165) is 23.2 Å². The summed E-state index contributed by atoms with van der Waals surface area (Å²) in [6, 6.07) is 7.39. The predicted octanol–water partition coefficient (Wildman–Crippen LogP) is 3.51. The minimum atomic E-state index is -1.04. The van der Waals surface area contributed by atoms with Crippen LogP contribution in [-0.2, 0) is 27.5 Å². The van der Waals surface area contributed by atoms with Crippen LogP contribution in [0.1, 0.15) is 5.56 Å². The van der Waals surface area contributed by atoms with Gasteiger partial charge in [0.05, 0.1) is 37.2 Å². The molecule has 0 amide bonds. The quantitative estimate of drug-likeness (QED) is 0.492. The third kappa shape index (κ3) is 6.06. The summed E-state index contributed by atoms with van der Waals surface area (Å²) in [6.45, 7) is 10.3. The van der Waals surface area contributed by atoms with Crippen molar-refractivity contribution in [2.45, 2.75) is 39.0 Å². The van der Waals surface area contributed by atoms with E-state index in [0.29, 0.717) is 26.6 Å². The molecule has 1 heterocycles. The molecule has 2 rings (SSSR count). The molecule has 5 nitrogen and oxygen atoms in total. The van der Waals surface area contributed by atoms with Gasteiger partial charge >= 0.3 is 0 Å². The summed E-state index contributed by atoms with van der Waals surface area (Å²) in [5.74, 6) is 0. The maximum atomic E-state index is 5.83. The fraction of sp³-hybridized carbons (Fsp3) is 0.588. The Bertz CT molecular complexity index is 607. The highest BCUT2D eigenvalue weighted by Gasteiger charge is 2.12. The van der Waals surface area contributed by atoms with Crippen LogP contribution in [0, 0.1) is 0 Å². The minimum Gasteiger partial charge on any atom is -0.382 e. The number of methoxy groups -OCH3 is 1. The van der Waals surface area contributed by atoms with Gasteiger partial charge in [0.1, 0.15) is 6.73 Å². The third-order valence-corrected chi connectivity index (χ3v) is 5.32. The number of hydrogen-bond acceptors (Lipinski definition) is 4. The third-order valence-electron chi connectivity index (χ3n) is 3.61. The van der Waals surface area contributed by atoms with E-state index in [1.165, 1.54) is 6.04 Å². The van der Waals surface area contributed by atoms with E-state index in [-0.39, 0.29) is 0 Å². The van der Waals surface area contributed by atoms with Crippen LogP contribution in [-0.4, -0.2) is 44.6 Å². The topological polar surface area (TPSA) is 45.5 Å². The largest absolute Gasteiger partial charge is 0.382 e. The molecule has 0 aliphatic rings. The Balaban J connectivity index is 1.92. The van der Waals surface area contributed by atoms with Crippen LogP contribution < -0.4 is 0 Å². The monoisotopic (exact) mass is 336 g/mol. The van der Waals surface area contributed by atoms with Gasteiger partial charge in [-0.1, -0.05) is 25.7 Å². The van der Waals surface area contributed by atoms with E-state index in [1.807, 2.05) is 12.4 Å². The van der Waals surface area contributed by atoms with Crippen molar-refractivity contribution in [3.05, 3.63) is 30.1 Å². The second kappa shape index (κ2) is 8.59. The maximum Gasteiger partial charge on any atom is 0.124 e. The molecule has 2 aromatic rings. The lowest BCUT2D eigenvalue weighted by molar-refractivity contribution is 0.0616. The Morgan fingerprint density at radius 2 is 1.91 bits per heavy atom. The van der Waals surface area contributed by atoms with E-state index < -0.39 is 8.07 Å². The van der Waals surface area contributed by atoms with E-state index in [2.05, 4.69) is 41.3 Å². The molecule has 0 radical (unpaired) electrons. The molecular weight excluding hydrogens is 308 g/mol. The first-order chi connectivity index (χ1) is 11.0. The zero-order valence-electron chi connectivity index (χ0n) is 14.7. The predicted molar refractivity (Wildman–Crippen MR) is 95.4 cm³/mol. The minimum absolute atomic E-state index is 0.551. The average Bonchev–Trinajstić information content (AvgIpc) is 2.90. The number of aromatic nitrogens is 2. The van der Waals surface area contributed by atoms with Gasteiger partial charge in [-0.05, 0) is 23.7 Å². The van der Waals surface area contributed by atoms with Crippen molar-refractivity contribution in [2.75, 3.05) is 26.9 Å². The number of imidazole rings is 1. The Labute approximate surface area is 139 Å². The van der Waals surface area contributed by atoms with Crippen molar-refractivity contribution in [1.29, 1.82) is 0 Å². The Morgan fingerprint density at radius 3 is 2.65 bits per heavy atom. The molecule has 0 fully saturated rings. The van der Waals surface area contributed by atoms with Crippen molar-refractivity contribution in [3.8, 4) is 0 Å². The van der Waals surface area contributed by atoms with Gasteiger partial charge in [0.25, 0.3) is 0 Å². The fourth-order valence-electron chi connectivity index (χ4n) is 2.17. The van der Waals surface area contributed by atoms with Gasteiger partial charge in [-0.2, -0.15) is 0 Å². The fourth-order valence-corrected chi connectivity index (χ4v) is 2.93. The van der Waals surface area contributed by atoms with E-state index >= 15 is 0 Å². The smallest absolute Gasteiger partial charge is 0.124 e. The molecule has 0 aliphatic carbocycles. The summed E-state index contributed by atoms with van der Waals surface area (Å²) in [5.41, 5.74) is 3.21. The summed E-state index contributed by atoms with van der Waals surface area (Å²) >= 11 is 0. The van der Waals surface area contributed by atoms with Crippen LogP contribution in [0.25, 0.3) is 11.0 Å². The Hall–Kier alpha value is -1.21. The number of hydrogen-bond donors (Lipinski definition) is 0. The van der Waals surface area contributed by atoms with Gasteiger partial charge in [0.15, 0.2) is 0 Å². The maximum absolute atomic E-state index is 5.83. The second-order valence-corrected chi connectivity index (χ2v) is 12.6. The van der Waals surface area contributed by atoms with Crippen LogP contribution in [0.4, 0.5) is 0 Å². The highest BCUT2D eigenvalue weighted by molar-refractivity contribution is 6.76. The summed E-state index contributed by atoms with van der Waals surface area (Å²) in [6.07, 6.45) is 1.84. The number of rotatable bonds is 10. The molecule has 1 aromatic heterocycles. The molecule has 0 saturated carbocycles. The summed E-state index contributed by atoms with van der Waals surface area (Å²) in [5, 5.41) is 0. The van der Waals surface area contributed by atoms with Crippen LogP contribution in [0.5, 0.6) is 0 Å². The zero-order valence-corrected chi connectivity index (χ0v) is 15.7. The van der Waals surface area contributed by atoms with Gasteiger partial charge in [-0.3, -0.25) is 0 Å². The second-order valence-electron chi connectivity index (χ2n) is 6.93. The lowest BCUT2D eigenvalue weighted by Crippen LogP contribution is -2.21. The molecule has 1 aromatic carbocycles. The highest BCUT2D eigenvalue weighted by Crippen LogP contribution is 2.16. The first-order valence-electron chi connectivity index (χ1n) is 8.08. The SMILES string of the molecule is COCCOCc1ccc2ncn(COCC[Si](C)(C)C)c2c1. The standard InChI is InChI=1S/C17H28N2O3Si/c1-20-7-8-21-12-15-5-6-16-17(11-15)19(13-18-16)14-22-9-10-23(2,3)4/h5-6,11,13H,7-10,12,14H2,1-4H3. The van der Waals surface area contributed by atoms with E-state index in [4.69, 9.17) is 14.2 Å². The highest BCUT2D eigenvalue weighted by atomic mass is 28.3. The van der Waals surface area contributed by atoms with Crippen molar-refractivity contribution in [1.82, 2.24) is 9.55 Å². The van der Waals surface area contributed by atoms with Gasteiger partial charge < -0.3 is 18.8 Å². The Kier molecular flexibility index (Phi) is 6.77. The number of benzene rings is 1. The zero-order chi connectivity index (χ0) is 16.7. The van der Waals surface area contributed by atoms with Gasteiger partial charge in [-0.25, -0.2) is 4.98 Å². The lowest BCUT2D eigenvalue weighted by Gasteiger charge is -2.15. The van der Waals surface area contributed by atoms with Crippen LogP contribution in [0.15, 0.2) is 24.5 Å². The average molecular weight is 337 g/mol. The first-order valence-corrected chi connectivity index (χ1v) is 11.8. The molecule has 0 saturated heterocycles. The molecule has 23 heavy (non-hydrogen) atoms. The van der Waals surface area contributed by atoms with Gasteiger partial charge in [0, 0.05) is 21.8 Å². The van der Waals surface area contributed by atoms with E-state index in [1.54, 1.807) is 7.11 Å². The molecule has 0 atom stereocenters. The van der Waals surface area contributed by atoms with Gasteiger partial charge in [-0.15, -0.1) is 0 Å². The van der Waals surface area contributed by atoms with Crippen molar-refractivity contribution < 1.29 is 14.2 Å². The molecule has 0 spiro atoms. The molecule has 0 N–H and O–H groups in total. The molecule has 0 unspecified atom stereocenters. The van der Waals surface area contributed by atoms with Crippen molar-refractivity contribution in [2.24, 2.45) is 0 Å². The molecule has 6 heteroatoms. The van der Waals surface area contributed by atoms with Crippen LogP contribution in [0.3, 0.4) is 0 Å². The molecule has 0 aliphatic heterocycles. The molecule has 0 bridgehead atoms. The summed E-state index contributed by atoms with van der Waals surface area (Å²) in [7, 11) is 0.636. The lowest BCUT2D eigenvalue weighted by atomic mass is 10.2. The Morgan fingerprint density at radius 1 is 1.09 bits per heavy atom.